The Bertz CT molecular complexity index is 988. The van der Waals surface area contributed by atoms with Crippen molar-refractivity contribution >= 4 is 11.6 Å². The molecule has 1 N–H and O–H groups in total. The summed E-state index contributed by atoms with van der Waals surface area (Å²) in [7, 11) is 0. The number of para-hydroxylation sites is 2. The second kappa shape index (κ2) is 11.5. The summed E-state index contributed by atoms with van der Waals surface area (Å²) < 4.78 is 11.6. The molecule has 1 aliphatic heterocycles. The van der Waals surface area contributed by atoms with Gasteiger partial charge in [-0.3, -0.25) is 14.6 Å². The summed E-state index contributed by atoms with van der Waals surface area (Å²) >= 11 is 0. The molecule has 3 aromatic carbocycles. The number of piperazine rings is 1. The molecule has 1 heterocycles. The van der Waals surface area contributed by atoms with Crippen LogP contribution in [0.15, 0.2) is 84.9 Å². The van der Waals surface area contributed by atoms with Crippen molar-refractivity contribution in [1.82, 2.24) is 9.80 Å². The maximum Gasteiger partial charge on any atom is 0.241 e. The van der Waals surface area contributed by atoms with Gasteiger partial charge in [0.25, 0.3) is 0 Å². The molecule has 0 aromatic heterocycles. The number of benzene rings is 3. The van der Waals surface area contributed by atoms with E-state index in [1.165, 1.54) is 0 Å². The third kappa shape index (κ3) is 6.81. The number of hydrogen-bond donors (Lipinski definition) is 1. The van der Waals surface area contributed by atoms with Gasteiger partial charge in [0.2, 0.25) is 5.91 Å². The number of carbonyl (C=O) groups is 1. The van der Waals surface area contributed by atoms with Crippen LogP contribution in [0.1, 0.15) is 6.92 Å². The molecule has 0 saturated carbocycles. The molecule has 6 nitrogen and oxygen atoms in total. The first-order chi connectivity index (χ1) is 16.2. The largest absolute Gasteiger partial charge is 0.492 e. The Hall–Kier alpha value is -3.35. The quantitative estimate of drug-likeness (QED) is 0.526. The molecule has 0 bridgehead atoms. The molecule has 6 heteroatoms. The zero-order chi connectivity index (χ0) is 22.9. The van der Waals surface area contributed by atoms with E-state index in [0.29, 0.717) is 6.61 Å². The van der Waals surface area contributed by atoms with E-state index in [-0.39, 0.29) is 11.9 Å². The number of anilines is 1. The number of nitrogens with one attached hydrogen (secondary N) is 1. The Labute approximate surface area is 195 Å². The molecule has 0 spiro atoms. The molecule has 0 aliphatic carbocycles. The lowest BCUT2D eigenvalue weighted by molar-refractivity contribution is -0.121. The molecule has 172 valence electrons. The minimum atomic E-state index is -0.187. The Kier molecular flexibility index (Phi) is 7.95. The molecule has 4 rings (SSSR count). The fourth-order valence-corrected chi connectivity index (χ4v) is 3.83. The van der Waals surface area contributed by atoms with Gasteiger partial charge in [-0.1, -0.05) is 36.4 Å². The number of carbonyl (C=O) groups excluding carboxylic acids is 1. The topological polar surface area (TPSA) is 54.0 Å². The number of amides is 1. The predicted octanol–water partition coefficient (Wildman–Crippen LogP) is 4.50. The van der Waals surface area contributed by atoms with Gasteiger partial charge in [0.1, 0.15) is 23.9 Å². The highest BCUT2D eigenvalue weighted by atomic mass is 16.5. The molecule has 1 aliphatic rings. The fourth-order valence-electron chi connectivity index (χ4n) is 3.83. The molecule has 1 saturated heterocycles. The standard InChI is InChI=1S/C27H31N3O3/c1-22(30-18-16-29(17-19-30)20-21-32-24-8-4-2-5-9-24)27(31)28-23-12-14-26(15-13-23)33-25-10-6-3-7-11-25/h2-15,22H,16-21H2,1H3,(H,28,31)/t22-/m1/s1. The SMILES string of the molecule is C[C@H](C(=O)Nc1ccc(Oc2ccccc2)cc1)N1CCN(CCOc2ccccc2)CC1. The van der Waals surface area contributed by atoms with Crippen LogP contribution in [0.5, 0.6) is 17.2 Å². The minimum Gasteiger partial charge on any atom is -0.492 e. The summed E-state index contributed by atoms with van der Waals surface area (Å²) in [5.41, 5.74) is 0.768. The summed E-state index contributed by atoms with van der Waals surface area (Å²) in [4.78, 5) is 17.4. The lowest BCUT2D eigenvalue weighted by atomic mass is 10.2. The lowest BCUT2D eigenvalue weighted by Crippen LogP contribution is -2.53. The first-order valence-corrected chi connectivity index (χ1v) is 11.5. The van der Waals surface area contributed by atoms with Crippen molar-refractivity contribution in [3.8, 4) is 17.2 Å². The Morgan fingerprint density at radius 2 is 1.39 bits per heavy atom. The summed E-state index contributed by atoms with van der Waals surface area (Å²) in [6.07, 6.45) is 0. The van der Waals surface area contributed by atoms with Gasteiger partial charge >= 0.3 is 0 Å². The van der Waals surface area contributed by atoms with Gasteiger partial charge in [-0.05, 0) is 55.5 Å². The normalized spacial score (nSPS) is 15.5. The number of ether oxygens (including phenoxy) is 2. The monoisotopic (exact) mass is 445 g/mol. The van der Waals surface area contributed by atoms with Crippen LogP contribution in [0, 0.1) is 0 Å². The van der Waals surface area contributed by atoms with Crippen LogP contribution in [-0.4, -0.2) is 61.1 Å². The molecule has 1 fully saturated rings. The first kappa shape index (κ1) is 22.8. The van der Waals surface area contributed by atoms with Crippen molar-refractivity contribution in [2.24, 2.45) is 0 Å². The van der Waals surface area contributed by atoms with E-state index in [1.54, 1.807) is 0 Å². The molecular weight excluding hydrogens is 414 g/mol. The number of rotatable bonds is 9. The average Bonchev–Trinajstić information content (AvgIpc) is 2.86. The number of nitrogens with zero attached hydrogens (tertiary/aromatic N) is 2. The van der Waals surface area contributed by atoms with Gasteiger partial charge < -0.3 is 14.8 Å². The van der Waals surface area contributed by atoms with Gasteiger partial charge in [0, 0.05) is 38.4 Å². The second-order valence-corrected chi connectivity index (χ2v) is 8.14. The molecule has 1 amide bonds. The predicted molar refractivity (Wildman–Crippen MR) is 131 cm³/mol. The van der Waals surface area contributed by atoms with Gasteiger partial charge in [0.05, 0.1) is 6.04 Å². The summed E-state index contributed by atoms with van der Waals surface area (Å²) in [5, 5.41) is 3.02. The van der Waals surface area contributed by atoms with Gasteiger partial charge in [-0.2, -0.15) is 0 Å². The molecule has 3 aromatic rings. The Morgan fingerprint density at radius 1 is 0.818 bits per heavy atom. The highest BCUT2D eigenvalue weighted by molar-refractivity contribution is 5.94. The van der Waals surface area contributed by atoms with Gasteiger partial charge in [0.15, 0.2) is 0 Å². The molecule has 1 atom stereocenters. The van der Waals surface area contributed by atoms with Gasteiger partial charge in [-0.25, -0.2) is 0 Å². The van der Waals surface area contributed by atoms with Crippen molar-refractivity contribution in [2.75, 3.05) is 44.6 Å². The van der Waals surface area contributed by atoms with E-state index in [1.807, 2.05) is 91.9 Å². The molecule has 0 unspecified atom stereocenters. The van der Waals surface area contributed by atoms with Crippen LogP contribution in [0.2, 0.25) is 0 Å². The van der Waals surface area contributed by atoms with E-state index < -0.39 is 0 Å². The second-order valence-electron chi connectivity index (χ2n) is 8.14. The van der Waals surface area contributed by atoms with E-state index in [0.717, 1.165) is 55.7 Å². The van der Waals surface area contributed by atoms with Crippen molar-refractivity contribution in [1.29, 1.82) is 0 Å². The van der Waals surface area contributed by atoms with Crippen molar-refractivity contribution in [3.05, 3.63) is 84.9 Å². The van der Waals surface area contributed by atoms with E-state index in [4.69, 9.17) is 9.47 Å². The molecule has 0 radical (unpaired) electrons. The third-order valence-electron chi connectivity index (χ3n) is 5.85. The molecular formula is C27H31N3O3. The maximum absolute atomic E-state index is 12.8. The summed E-state index contributed by atoms with van der Waals surface area (Å²) in [6, 6.07) is 26.8. The lowest BCUT2D eigenvalue weighted by Gasteiger charge is -2.37. The fraction of sp³-hybridized carbons (Fsp3) is 0.296. The van der Waals surface area contributed by atoms with Crippen molar-refractivity contribution in [3.63, 3.8) is 0 Å². The highest BCUT2D eigenvalue weighted by Crippen LogP contribution is 2.23. The average molecular weight is 446 g/mol. The summed E-state index contributed by atoms with van der Waals surface area (Å²) in [6.45, 7) is 7.12. The molecule has 33 heavy (non-hydrogen) atoms. The smallest absolute Gasteiger partial charge is 0.241 e. The highest BCUT2D eigenvalue weighted by Gasteiger charge is 2.25. The van der Waals surface area contributed by atoms with Crippen molar-refractivity contribution < 1.29 is 14.3 Å². The zero-order valence-electron chi connectivity index (χ0n) is 19.0. The third-order valence-corrected chi connectivity index (χ3v) is 5.85. The first-order valence-electron chi connectivity index (χ1n) is 11.5. The van der Waals surface area contributed by atoms with E-state index in [2.05, 4.69) is 15.1 Å². The van der Waals surface area contributed by atoms with Crippen LogP contribution in [0.25, 0.3) is 0 Å². The summed E-state index contributed by atoms with van der Waals surface area (Å²) in [5.74, 6) is 2.43. The van der Waals surface area contributed by atoms with E-state index in [9.17, 15) is 4.79 Å². The van der Waals surface area contributed by atoms with Crippen molar-refractivity contribution in [2.45, 2.75) is 13.0 Å². The minimum absolute atomic E-state index is 0.00703. The van der Waals surface area contributed by atoms with Crippen LogP contribution in [0.3, 0.4) is 0 Å². The van der Waals surface area contributed by atoms with Crippen LogP contribution < -0.4 is 14.8 Å². The number of hydrogen-bond acceptors (Lipinski definition) is 5. The maximum atomic E-state index is 12.8. The van der Waals surface area contributed by atoms with E-state index >= 15 is 0 Å². The Morgan fingerprint density at radius 3 is 2.03 bits per heavy atom. The van der Waals surface area contributed by atoms with Gasteiger partial charge in [-0.15, -0.1) is 0 Å². The van der Waals surface area contributed by atoms with Crippen LogP contribution >= 0.6 is 0 Å². The zero-order valence-corrected chi connectivity index (χ0v) is 19.0. The Balaban J connectivity index is 1.18. The van der Waals surface area contributed by atoms with Crippen LogP contribution in [-0.2, 0) is 4.79 Å². The van der Waals surface area contributed by atoms with Crippen LogP contribution in [0.4, 0.5) is 5.69 Å².